The van der Waals surface area contributed by atoms with Gasteiger partial charge in [0, 0.05) is 30.4 Å². The van der Waals surface area contributed by atoms with Crippen LogP contribution in [0.15, 0.2) is 24.3 Å². The molecule has 0 amide bonds. The molecule has 0 bridgehead atoms. The smallest absolute Gasteiger partial charge is 0.0387 e. The van der Waals surface area contributed by atoms with Gasteiger partial charge in [0.2, 0.25) is 0 Å². The lowest BCUT2D eigenvalue weighted by molar-refractivity contribution is 0.285. The maximum atomic E-state index is 3.68. The fraction of sp³-hybridized carbons (Fsp3) is 0.625. The zero-order chi connectivity index (χ0) is 13.2. The Morgan fingerprint density at radius 2 is 2.17 bits per heavy atom. The Hall–Kier alpha value is -1.02. The number of aryl methyl sites for hydroxylation is 1. The average molecular weight is 246 g/mol. The third kappa shape index (κ3) is 2.69. The van der Waals surface area contributed by atoms with Gasteiger partial charge in [-0.15, -0.1) is 0 Å². The van der Waals surface area contributed by atoms with Gasteiger partial charge in [0.1, 0.15) is 0 Å². The molecule has 1 heterocycles. The topological polar surface area (TPSA) is 15.3 Å². The first kappa shape index (κ1) is 13.4. The van der Waals surface area contributed by atoms with Crippen molar-refractivity contribution < 1.29 is 0 Å². The van der Waals surface area contributed by atoms with Crippen molar-refractivity contribution in [2.45, 2.75) is 52.1 Å². The SMILES string of the molecule is CCc1cccc(N2CC(C)(CC)NCC2C)c1. The fourth-order valence-corrected chi connectivity index (χ4v) is 2.63. The first-order chi connectivity index (χ1) is 8.58. The van der Waals surface area contributed by atoms with Gasteiger partial charge in [0.15, 0.2) is 0 Å². The second-order valence-electron chi connectivity index (χ2n) is 5.80. The molecule has 0 aromatic heterocycles. The first-order valence-corrected chi connectivity index (χ1v) is 7.18. The standard InChI is InChI=1S/C16H26N2/c1-5-14-8-7-9-15(10-14)18-12-16(4,6-2)17-11-13(18)3/h7-10,13,17H,5-6,11-12H2,1-4H3. The summed E-state index contributed by atoms with van der Waals surface area (Å²) >= 11 is 0. The highest BCUT2D eigenvalue weighted by Crippen LogP contribution is 2.26. The maximum absolute atomic E-state index is 3.68. The van der Waals surface area contributed by atoms with Crippen LogP contribution in [0.1, 0.15) is 39.7 Å². The van der Waals surface area contributed by atoms with Gasteiger partial charge in [-0.3, -0.25) is 0 Å². The van der Waals surface area contributed by atoms with Gasteiger partial charge in [-0.1, -0.05) is 26.0 Å². The van der Waals surface area contributed by atoms with E-state index >= 15 is 0 Å². The van der Waals surface area contributed by atoms with Crippen LogP contribution in [0, 0.1) is 0 Å². The second-order valence-corrected chi connectivity index (χ2v) is 5.80. The van der Waals surface area contributed by atoms with Crippen molar-refractivity contribution in [2.75, 3.05) is 18.0 Å². The highest BCUT2D eigenvalue weighted by Gasteiger charge is 2.32. The van der Waals surface area contributed by atoms with Gasteiger partial charge >= 0.3 is 0 Å². The molecule has 100 valence electrons. The molecular weight excluding hydrogens is 220 g/mol. The van der Waals surface area contributed by atoms with Crippen molar-refractivity contribution in [1.82, 2.24) is 5.32 Å². The van der Waals surface area contributed by atoms with E-state index in [-0.39, 0.29) is 5.54 Å². The van der Waals surface area contributed by atoms with Gasteiger partial charge in [0.05, 0.1) is 0 Å². The minimum Gasteiger partial charge on any atom is -0.366 e. The zero-order valence-electron chi connectivity index (χ0n) is 12.2. The fourth-order valence-electron chi connectivity index (χ4n) is 2.63. The molecule has 1 N–H and O–H groups in total. The van der Waals surface area contributed by atoms with Gasteiger partial charge in [-0.2, -0.15) is 0 Å². The van der Waals surface area contributed by atoms with E-state index in [1.807, 2.05) is 0 Å². The average Bonchev–Trinajstić information content (AvgIpc) is 2.42. The van der Waals surface area contributed by atoms with Crippen molar-refractivity contribution in [1.29, 1.82) is 0 Å². The molecule has 2 rings (SSSR count). The number of piperazine rings is 1. The van der Waals surface area contributed by atoms with E-state index in [9.17, 15) is 0 Å². The number of nitrogens with one attached hydrogen (secondary N) is 1. The third-order valence-electron chi connectivity index (χ3n) is 4.31. The summed E-state index contributed by atoms with van der Waals surface area (Å²) in [5.74, 6) is 0. The molecule has 2 unspecified atom stereocenters. The molecule has 0 aliphatic carbocycles. The second kappa shape index (κ2) is 5.31. The molecular formula is C16H26N2. The molecule has 0 radical (unpaired) electrons. The minimum atomic E-state index is 0.245. The largest absolute Gasteiger partial charge is 0.366 e. The molecule has 2 atom stereocenters. The van der Waals surface area contributed by atoms with Crippen LogP contribution in [0.3, 0.4) is 0 Å². The van der Waals surface area contributed by atoms with Gasteiger partial charge in [0.25, 0.3) is 0 Å². The van der Waals surface area contributed by atoms with Crippen molar-refractivity contribution in [2.24, 2.45) is 0 Å². The Balaban J connectivity index is 2.24. The van der Waals surface area contributed by atoms with E-state index in [0.29, 0.717) is 6.04 Å². The predicted octanol–water partition coefficient (Wildman–Crippen LogP) is 3.22. The molecule has 0 saturated carbocycles. The van der Waals surface area contributed by atoms with Gasteiger partial charge in [-0.05, 0) is 44.4 Å². The van der Waals surface area contributed by atoms with E-state index in [0.717, 1.165) is 19.5 Å². The minimum absolute atomic E-state index is 0.245. The first-order valence-electron chi connectivity index (χ1n) is 7.18. The number of rotatable bonds is 3. The van der Waals surface area contributed by atoms with Crippen LogP contribution >= 0.6 is 0 Å². The van der Waals surface area contributed by atoms with Gasteiger partial charge in [-0.25, -0.2) is 0 Å². The summed E-state index contributed by atoms with van der Waals surface area (Å²) in [5.41, 5.74) is 3.05. The molecule has 0 spiro atoms. The zero-order valence-corrected chi connectivity index (χ0v) is 12.2. The van der Waals surface area contributed by atoms with E-state index in [1.54, 1.807) is 0 Å². The maximum Gasteiger partial charge on any atom is 0.0387 e. The number of hydrogen-bond donors (Lipinski definition) is 1. The quantitative estimate of drug-likeness (QED) is 0.881. The Morgan fingerprint density at radius 3 is 2.83 bits per heavy atom. The van der Waals surface area contributed by atoms with Crippen LogP contribution < -0.4 is 10.2 Å². The molecule has 1 fully saturated rings. The monoisotopic (exact) mass is 246 g/mol. The summed E-state index contributed by atoms with van der Waals surface area (Å²) in [6.45, 7) is 11.3. The lowest BCUT2D eigenvalue weighted by Crippen LogP contribution is -2.62. The normalized spacial score (nSPS) is 28.4. The third-order valence-corrected chi connectivity index (χ3v) is 4.31. The summed E-state index contributed by atoms with van der Waals surface area (Å²) in [5, 5.41) is 3.68. The lowest BCUT2D eigenvalue weighted by Gasteiger charge is -2.46. The van der Waals surface area contributed by atoms with Crippen molar-refractivity contribution in [3.63, 3.8) is 0 Å². The Morgan fingerprint density at radius 1 is 1.39 bits per heavy atom. The Kier molecular flexibility index (Phi) is 3.96. The number of hydrogen-bond acceptors (Lipinski definition) is 2. The Labute approximate surface area is 111 Å². The molecule has 2 nitrogen and oxygen atoms in total. The molecule has 2 heteroatoms. The molecule has 1 aromatic carbocycles. The summed E-state index contributed by atoms with van der Waals surface area (Å²) in [4.78, 5) is 2.55. The van der Waals surface area contributed by atoms with Crippen LogP contribution in [0.4, 0.5) is 5.69 Å². The lowest BCUT2D eigenvalue weighted by atomic mass is 9.93. The van der Waals surface area contributed by atoms with Crippen LogP contribution in [0.25, 0.3) is 0 Å². The van der Waals surface area contributed by atoms with Crippen LogP contribution in [0.2, 0.25) is 0 Å². The van der Waals surface area contributed by atoms with Crippen molar-refractivity contribution in [3.05, 3.63) is 29.8 Å². The van der Waals surface area contributed by atoms with E-state index in [2.05, 4.69) is 62.2 Å². The summed E-state index contributed by atoms with van der Waals surface area (Å²) < 4.78 is 0. The summed E-state index contributed by atoms with van der Waals surface area (Å²) in [6, 6.07) is 9.56. The van der Waals surface area contributed by atoms with Crippen LogP contribution in [-0.2, 0) is 6.42 Å². The van der Waals surface area contributed by atoms with E-state index < -0.39 is 0 Å². The van der Waals surface area contributed by atoms with Gasteiger partial charge < -0.3 is 10.2 Å². The molecule has 1 aliphatic rings. The van der Waals surface area contributed by atoms with Crippen LogP contribution in [0.5, 0.6) is 0 Å². The summed E-state index contributed by atoms with van der Waals surface area (Å²) in [7, 11) is 0. The highest BCUT2D eigenvalue weighted by atomic mass is 15.2. The van der Waals surface area contributed by atoms with E-state index in [1.165, 1.54) is 17.7 Å². The number of benzene rings is 1. The van der Waals surface area contributed by atoms with Crippen molar-refractivity contribution >= 4 is 5.69 Å². The predicted molar refractivity (Wildman–Crippen MR) is 79.3 cm³/mol. The highest BCUT2D eigenvalue weighted by molar-refractivity contribution is 5.50. The summed E-state index contributed by atoms with van der Waals surface area (Å²) in [6.07, 6.45) is 2.28. The van der Waals surface area contributed by atoms with Crippen LogP contribution in [-0.4, -0.2) is 24.7 Å². The van der Waals surface area contributed by atoms with Crippen molar-refractivity contribution in [3.8, 4) is 0 Å². The molecule has 1 aliphatic heterocycles. The molecule has 1 aromatic rings. The molecule has 1 saturated heterocycles. The Bertz CT molecular complexity index is 402. The molecule has 18 heavy (non-hydrogen) atoms. The number of anilines is 1. The number of nitrogens with zero attached hydrogens (tertiary/aromatic N) is 1. The van der Waals surface area contributed by atoms with E-state index in [4.69, 9.17) is 0 Å².